The molecule has 54 valence electrons. The predicted molar refractivity (Wildman–Crippen MR) is 31.6 cm³/mol. The number of carbonyl (C=O) groups excluding carboxylic acids is 1. The van der Waals surface area contributed by atoms with Crippen LogP contribution in [-0.2, 0) is 0 Å². The maximum Gasteiger partial charge on any atom is 0.413 e. The first-order valence-corrected chi connectivity index (χ1v) is 2.63. The molecule has 0 fully saturated rings. The molecule has 0 atom stereocenters. The van der Waals surface area contributed by atoms with Crippen LogP contribution >= 0.6 is 0 Å². The molecular weight excluding hydrogens is 136 g/mol. The van der Waals surface area contributed by atoms with Gasteiger partial charge in [-0.25, -0.2) is 4.79 Å². The van der Waals surface area contributed by atoms with Crippen LogP contribution in [0.4, 0.5) is 4.79 Å². The molecule has 1 amide bonds. The zero-order valence-electron chi connectivity index (χ0n) is 5.33. The predicted octanol–water partition coefficient (Wildman–Crippen LogP) is 0.393. The lowest BCUT2D eigenvalue weighted by atomic mass is 10.7. The summed E-state index contributed by atoms with van der Waals surface area (Å²) in [5.41, 5.74) is 0. The third kappa shape index (κ3) is 1.48. The third-order valence-corrected chi connectivity index (χ3v) is 0.816. The minimum absolute atomic E-state index is 0.152. The highest BCUT2D eigenvalue weighted by Crippen LogP contribution is 2.03. The van der Waals surface area contributed by atoms with Crippen molar-refractivity contribution in [3.05, 3.63) is 12.3 Å². The zero-order valence-corrected chi connectivity index (χ0v) is 5.33. The zero-order chi connectivity index (χ0) is 7.40. The highest BCUT2D eigenvalue weighted by molar-refractivity contribution is 5.69. The van der Waals surface area contributed by atoms with Crippen LogP contribution in [0, 0.1) is 0 Å². The van der Waals surface area contributed by atoms with E-state index in [9.17, 15) is 4.79 Å². The van der Waals surface area contributed by atoms with E-state index in [-0.39, 0.29) is 5.88 Å². The van der Waals surface area contributed by atoms with Crippen LogP contribution in [0.1, 0.15) is 0 Å². The molecule has 1 heterocycles. The van der Waals surface area contributed by atoms with Crippen LogP contribution in [0.5, 0.6) is 5.88 Å². The maximum absolute atomic E-state index is 10.5. The fraction of sp³-hybridized carbons (Fsp3) is 0.200. The Balaban J connectivity index is 2.48. The lowest BCUT2D eigenvalue weighted by Gasteiger charge is -1.95. The fourth-order valence-corrected chi connectivity index (χ4v) is 0.400. The average molecular weight is 142 g/mol. The first-order chi connectivity index (χ1) is 4.83. The molecule has 0 bridgehead atoms. The summed E-state index contributed by atoms with van der Waals surface area (Å²) in [7, 11) is 1.46. The maximum atomic E-state index is 10.5. The Hall–Kier alpha value is -1.52. The minimum Gasteiger partial charge on any atom is -0.388 e. The molecule has 0 aliphatic heterocycles. The number of carbonyl (C=O) groups is 1. The van der Waals surface area contributed by atoms with Gasteiger partial charge in [0.1, 0.15) is 6.26 Å². The van der Waals surface area contributed by atoms with E-state index in [1.807, 2.05) is 0 Å². The van der Waals surface area contributed by atoms with Crippen molar-refractivity contribution in [3.8, 4) is 5.88 Å². The molecule has 0 spiro atoms. The number of ether oxygens (including phenoxy) is 1. The van der Waals surface area contributed by atoms with Crippen molar-refractivity contribution in [2.75, 3.05) is 7.05 Å². The van der Waals surface area contributed by atoms with Gasteiger partial charge in [0.25, 0.3) is 5.88 Å². The van der Waals surface area contributed by atoms with Gasteiger partial charge in [0, 0.05) is 13.1 Å². The normalized spacial score (nSPS) is 8.90. The Morgan fingerprint density at radius 3 is 3.20 bits per heavy atom. The smallest absolute Gasteiger partial charge is 0.388 e. The summed E-state index contributed by atoms with van der Waals surface area (Å²) in [6.07, 6.45) is 0.757. The fourth-order valence-electron chi connectivity index (χ4n) is 0.400. The number of aromatic nitrogens is 1. The van der Waals surface area contributed by atoms with Crippen LogP contribution in [0.3, 0.4) is 0 Å². The van der Waals surface area contributed by atoms with Crippen molar-refractivity contribution in [1.82, 2.24) is 10.5 Å². The largest absolute Gasteiger partial charge is 0.413 e. The molecule has 1 N–H and O–H groups in total. The summed E-state index contributed by atoms with van der Waals surface area (Å²) >= 11 is 0. The molecule has 5 heteroatoms. The molecule has 0 aliphatic rings. The number of nitrogens with one attached hydrogen (secondary N) is 1. The molecule has 10 heavy (non-hydrogen) atoms. The standard InChI is InChI=1S/C5H6N2O3/c1-6-5(8)10-4-2-3-9-7-4/h2-3H,1H3,(H,6,8). The van der Waals surface area contributed by atoms with E-state index < -0.39 is 6.09 Å². The second kappa shape index (κ2) is 2.86. The Kier molecular flexibility index (Phi) is 1.89. The Bertz CT molecular complexity index is 207. The highest BCUT2D eigenvalue weighted by Gasteiger charge is 2.01. The van der Waals surface area contributed by atoms with Gasteiger partial charge in [0.15, 0.2) is 0 Å². The van der Waals surface area contributed by atoms with Crippen LogP contribution in [-0.4, -0.2) is 18.3 Å². The van der Waals surface area contributed by atoms with Crippen molar-refractivity contribution in [2.24, 2.45) is 0 Å². The van der Waals surface area contributed by atoms with Gasteiger partial charge in [-0.2, -0.15) is 0 Å². The number of amides is 1. The van der Waals surface area contributed by atoms with Gasteiger partial charge in [0.2, 0.25) is 0 Å². The average Bonchev–Trinajstić information content (AvgIpc) is 2.40. The van der Waals surface area contributed by atoms with Crippen molar-refractivity contribution in [1.29, 1.82) is 0 Å². The van der Waals surface area contributed by atoms with E-state index in [2.05, 4.69) is 19.7 Å². The molecule has 0 unspecified atom stereocenters. The Morgan fingerprint density at radius 2 is 2.70 bits per heavy atom. The van der Waals surface area contributed by atoms with E-state index in [1.165, 1.54) is 19.4 Å². The lowest BCUT2D eigenvalue weighted by Crippen LogP contribution is -2.22. The highest BCUT2D eigenvalue weighted by atomic mass is 16.6. The van der Waals surface area contributed by atoms with Gasteiger partial charge in [0.05, 0.1) is 0 Å². The number of hydrogen-bond donors (Lipinski definition) is 1. The summed E-state index contributed by atoms with van der Waals surface area (Å²) < 4.78 is 8.95. The minimum atomic E-state index is -0.561. The third-order valence-electron chi connectivity index (χ3n) is 0.816. The molecule has 1 aromatic heterocycles. The van der Waals surface area contributed by atoms with Crippen molar-refractivity contribution >= 4 is 6.09 Å². The molecule has 1 aromatic rings. The SMILES string of the molecule is CNC(=O)Oc1ccon1. The number of rotatable bonds is 1. The van der Waals surface area contributed by atoms with E-state index in [0.29, 0.717) is 0 Å². The van der Waals surface area contributed by atoms with Crippen LogP contribution in [0.25, 0.3) is 0 Å². The van der Waals surface area contributed by atoms with Gasteiger partial charge >= 0.3 is 6.09 Å². The summed E-state index contributed by atoms with van der Waals surface area (Å²) in [5, 5.41) is 5.61. The first kappa shape index (κ1) is 6.60. The molecule has 0 aromatic carbocycles. The summed E-state index contributed by atoms with van der Waals surface area (Å²) in [6, 6.07) is 1.44. The molecule has 0 saturated carbocycles. The van der Waals surface area contributed by atoms with Gasteiger partial charge in [-0.3, -0.25) is 0 Å². The Morgan fingerprint density at radius 1 is 1.90 bits per heavy atom. The number of nitrogens with zero attached hydrogens (tertiary/aromatic N) is 1. The molecule has 1 rings (SSSR count). The van der Waals surface area contributed by atoms with Gasteiger partial charge in [-0.15, -0.1) is 0 Å². The van der Waals surface area contributed by atoms with E-state index in [0.717, 1.165) is 0 Å². The quantitative estimate of drug-likeness (QED) is 0.616. The Labute approximate surface area is 57.0 Å². The molecule has 0 radical (unpaired) electrons. The monoisotopic (exact) mass is 142 g/mol. The van der Waals surface area contributed by atoms with E-state index in [4.69, 9.17) is 0 Å². The lowest BCUT2D eigenvalue weighted by molar-refractivity contribution is 0.198. The number of hydrogen-bond acceptors (Lipinski definition) is 4. The van der Waals surface area contributed by atoms with Crippen molar-refractivity contribution < 1.29 is 14.1 Å². The van der Waals surface area contributed by atoms with Gasteiger partial charge in [-0.05, 0) is 5.16 Å². The summed E-state index contributed by atoms with van der Waals surface area (Å²) in [5.74, 6) is 0.152. The van der Waals surface area contributed by atoms with Crippen LogP contribution < -0.4 is 10.1 Å². The van der Waals surface area contributed by atoms with Crippen LogP contribution in [0.15, 0.2) is 16.9 Å². The summed E-state index contributed by atoms with van der Waals surface area (Å²) in [4.78, 5) is 10.5. The first-order valence-electron chi connectivity index (χ1n) is 2.63. The van der Waals surface area contributed by atoms with Crippen molar-refractivity contribution in [3.63, 3.8) is 0 Å². The molecule has 5 nitrogen and oxygen atoms in total. The van der Waals surface area contributed by atoms with Crippen LogP contribution in [0.2, 0.25) is 0 Å². The van der Waals surface area contributed by atoms with E-state index >= 15 is 0 Å². The van der Waals surface area contributed by atoms with Gasteiger partial charge < -0.3 is 14.6 Å². The molecular formula is C5H6N2O3. The molecule has 0 aliphatic carbocycles. The second-order valence-electron chi connectivity index (χ2n) is 1.48. The second-order valence-corrected chi connectivity index (χ2v) is 1.48. The van der Waals surface area contributed by atoms with Crippen molar-refractivity contribution in [2.45, 2.75) is 0 Å². The summed E-state index contributed by atoms with van der Waals surface area (Å²) in [6.45, 7) is 0. The van der Waals surface area contributed by atoms with Gasteiger partial charge in [-0.1, -0.05) is 0 Å². The molecule has 0 saturated heterocycles. The van der Waals surface area contributed by atoms with E-state index in [1.54, 1.807) is 0 Å². The topological polar surface area (TPSA) is 64.4 Å².